The number of benzene rings is 1. The summed E-state index contributed by atoms with van der Waals surface area (Å²) in [5, 5.41) is 0. The van der Waals surface area contributed by atoms with E-state index in [0.717, 1.165) is 30.0 Å². The van der Waals surface area contributed by atoms with E-state index in [1.165, 1.54) is 12.1 Å². The highest BCUT2D eigenvalue weighted by Crippen LogP contribution is 2.39. The number of nitrogens with zero attached hydrogens (tertiary/aromatic N) is 3. The zero-order chi connectivity index (χ0) is 14.8. The maximum Gasteiger partial charge on any atom is 0.145 e. The number of hydrazine groups is 1. The summed E-state index contributed by atoms with van der Waals surface area (Å²) in [6.07, 6.45) is 2.25. The lowest BCUT2D eigenvalue weighted by atomic mass is 10.2. The second-order valence-corrected chi connectivity index (χ2v) is 5.37. The van der Waals surface area contributed by atoms with Gasteiger partial charge in [0.25, 0.3) is 0 Å². The van der Waals surface area contributed by atoms with Crippen LogP contribution in [0, 0.1) is 5.82 Å². The molecule has 0 saturated heterocycles. The fourth-order valence-electron chi connectivity index (χ4n) is 2.24. The van der Waals surface area contributed by atoms with E-state index in [9.17, 15) is 4.39 Å². The first-order valence-corrected chi connectivity index (χ1v) is 6.97. The van der Waals surface area contributed by atoms with Gasteiger partial charge in [0.1, 0.15) is 23.3 Å². The Morgan fingerprint density at radius 2 is 2.14 bits per heavy atom. The van der Waals surface area contributed by atoms with Gasteiger partial charge in [-0.2, -0.15) is 0 Å². The zero-order valence-electron chi connectivity index (χ0n) is 11.9. The molecule has 0 atom stereocenters. The molecule has 1 aromatic heterocycles. The monoisotopic (exact) mass is 287 g/mol. The molecule has 0 spiro atoms. The molecule has 3 N–H and O–H groups in total. The van der Waals surface area contributed by atoms with Crippen LogP contribution in [0.4, 0.5) is 16.0 Å². The molecule has 1 aliphatic carbocycles. The van der Waals surface area contributed by atoms with Crippen LogP contribution in [-0.2, 0) is 6.54 Å². The van der Waals surface area contributed by atoms with E-state index in [2.05, 4.69) is 15.4 Å². The summed E-state index contributed by atoms with van der Waals surface area (Å²) in [4.78, 5) is 10.9. The molecule has 1 saturated carbocycles. The van der Waals surface area contributed by atoms with Crippen LogP contribution in [0.15, 0.2) is 30.3 Å². The summed E-state index contributed by atoms with van der Waals surface area (Å²) < 4.78 is 13.2. The Balaban J connectivity index is 1.83. The van der Waals surface area contributed by atoms with E-state index in [-0.39, 0.29) is 5.82 Å². The highest BCUT2D eigenvalue weighted by molar-refractivity contribution is 5.49. The third-order valence-corrected chi connectivity index (χ3v) is 3.52. The summed E-state index contributed by atoms with van der Waals surface area (Å²) in [7, 11) is 1.92. The Morgan fingerprint density at radius 3 is 2.81 bits per heavy atom. The topological polar surface area (TPSA) is 67.1 Å². The first kappa shape index (κ1) is 13.8. The molecule has 5 nitrogen and oxygen atoms in total. The Morgan fingerprint density at radius 1 is 1.33 bits per heavy atom. The summed E-state index contributed by atoms with van der Waals surface area (Å²) >= 11 is 0. The van der Waals surface area contributed by atoms with Crippen LogP contribution in [0.2, 0.25) is 0 Å². The molecular formula is C15H18FN5. The van der Waals surface area contributed by atoms with E-state index in [1.807, 2.05) is 18.0 Å². The Kier molecular flexibility index (Phi) is 3.70. The van der Waals surface area contributed by atoms with Crippen LogP contribution in [0.25, 0.3) is 0 Å². The number of nitrogen functional groups attached to an aromatic ring is 1. The minimum Gasteiger partial charge on any atom is -0.355 e. The molecule has 2 aromatic rings. The van der Waals surface area contributed by atoms with Gasteiger partial charge in [-0.1, -0.05) is 12.1 Å². The Bertz CT molecular complexity index is 642. The number of anilines is 2. The minimum absolute atomic E-state index is 0.230. The zero-order valence-corrected chi connectivity index (χ0v) is 11.9. The van der Waals surface area contributed by atoms with Gasteiger partial charge in [0, 0.05) is 25.6 Å². The second-order valence-electron chi connectivity index (χ2n) is 5.37. The maximum absolute atomic E-state index is 13.2. The van der Waals surface area contributed by atoms with Crippen molar-refractivity contribution in [3.05, 3.63) is 47.5 Å². The quantitative estimate of drug-likeness (QED) is 0.653. The fourth-order valence-corrected chi connectivity index (χ4v) is 2.24. The largest absolute Gasteiger partial charge is 0.355 e. The van der Waals surface area contributed by atoms with Gasteiger partial charge >= 0.3 is 0 Å². The predicted octanol–water partition coefficient (Wildman–Crippen LogP) is 2.42. The average Bonchev–Trinajstić information content (AvgIpc) is 3.31. The van der Waals surface area contributed by atoms with E-state index < -0.39 is 0 Å². The third kappa shape index (κ3) is 3.28. The van der Waals surface area contributed by atoms with E-state index >= 15 is 0 Å². The van der Waals surface area contributed by atoms with Crippen LogP contribution >= 0.6 is 0 Å². The number of halogens is 1. The number of nitrogens with two attached hydrogens (primary N) is 1. The van der Waals surface area contributed by atoms with E-state index in [4.69, 9.17) is 5.84 Å². The van der Waals surface area contributed by atoms with Crippen LogP contribution in [0.1, 0.15) is 30.1 Å². The highest BCUT2D eigenvalue weighted by Gasteiger charge is 2.27. The molecule has 1 heterocycles. The smallest absolute Gasteiger partial charge is 0.145 e. The molecule has 0 bridgehead atoms. The van der Waals surface area contributed by atoms with Crippen LogP contribution in [-0.4, -0.2) is 17.0 Å². The first-order chi connectivity index (χ1) is 10.2. The molecule has 6 heteroatoms. The number of rotatable bonds is 5. The molecule has 0 radical (unpaired) electrons. The van der Waals surface area contributed by atoms with Crippen molar-refractivity contribution in [3.8, 4) is 0 Å². The standard InChI is InChI=1S/C15H18FN5/c1-21(9-10-3-2-4-12(16)7-10)14-8-13(20-17)18-15(19-14)11-5-6-11/h2-4,7-8,11H,5-6,9,17H2,1H3,(H,18,19,20). The van der Waals surface area contributed by atoms with Crippen molar-refractivity contribution in [1.29, 1.82) is 0 Å². The van der Waals surface area contributed by atoms with E-state index in [0.29, 0.717) is 18.3 Å². The maximum atomic E-state index is 13.2. The van der Waals surface area contributed by atoms with Crippen molar-refractivity contribution < 1.29 is 4.39 Å². The minimum atomic E-state index is -0.230. The van der Waals surface area contributed by atoms with Crippen molar-refractivity contribution >= 4 is 11.6 Å². The lowest BCUT2D eigenvalue weighted by Crippen LogP contribution is -2.20. The van der Waals surface area contributed by atoms with Gasteiger partial charge in [0.05, 0.1) is 0 Å². The fraction of sp³-hybridized carbons (Fsp3) is 0.333. The molecule has 0 amide bonds. The number of hydrogen-bond acceptors (Lipinski definition) is 5. The Labute approximate surface area is 123 Å². The van der Waals surface area contributed by atoms with Crippen molar-refractivity contribution in [2.75, 3.05) is 17.4 Å². The van der Waals surface area contributed by atoms with Gasteiger partial charge in [-0.15, -0.1) is 0 Å². The summed E-state index contributed by atoms with van der Waals surface area (Å²) in [6, 6.07) is 8.37. The van der Waals surface area contributed by atoms with Gasteiger partial charge < -0.3 is 10.3 Å². The lowest BCUT2D eigenvalue weighted by Gasteiger charge is -2.19. The molecular weight excluding hydrogens is 269 g/mol. The van der Waals surface area contributed by atoms with Gasteiger partial charge in [0.15, 0.2) is 0 Å². The first-order valence-electron chi connectivity index (χ1n) is 6.97. The molecule has 1 fully saturated rings. The summed E-state index contributed by atoms with van der Waals surface area (Å²) in [5.41, 5.74) is 3.48. The number of nitrogens with one attached hydrogen (secondary N) is 1. The lowest BCUT2D eigenvalue weighted by molar-refractivity contribution is 0.625. The third-order valence-electron chi connectivity index (χ3n) is 3.52. The van der Waals surface area contributed by atoms with Crippen molar-refractivity contribution in [3.63, 3.8) is 0 Å². The predicted molar refractivity (Wildman–Crippen MR) is 80.3 cm³/mol. The number of aromatic nitrogens is 2. The van der Waals surface area contributed by atoms with Gasteiger partial charge in [-0.25, -0.2) is 20.2 Å². The van der Waals surface area contributed by atoms with Crippen LogP contribution in [0.3, 0.4) is 0 Å². The van der Waals surface area contributed by atoms with Crippen molar-refractivity contribution in [2.45, 2.75) is 25.3 Å². The SMILES string of the molecule is CN(Cc1cccc(F)c1)c1cc(NN)nc(C2CC2)n1. The molecule has 21 heavy (non-hydrogen) atoms. The van der Waals surface area contributed by atoms with Gasteiger partial charge in [-0.3, -0.25) is 0 Å². The molecule has 0 aliphatic heterocycles. The molecule has 110 valence electrons. The van der Waals surface area contributed by atoms with Crippen molar-refractivity contribution in [1.82, 2.24) is 9.97 Å². The summed E-state index contributed by atoms with van der Waals surface area (Å²) in [6.45, 7) is 0.572. The molecule has 1 aliphatic rings. The molecule has 1 aromatic carbocycles. The van der Waals surface area contributed by atoms with Gasteiger partial charge in [0.2, 0.25) is 0 Å². The summed E-state index contributed by atoms with van der Waals surface area (Å²) in [5.74, 6) is 7.90. The average molecular weight is 287 g/mol. The normalized spacial score (nSPS) is 14.0. The molecule has 3 rings (SSSR count). The van der Waals surface area contributed by atoms with Crippen LogP contribution < -0.4 is 16.2 Å². The molecule has 0 unspecified atom stereocenters. The second kappa shape index (κ2) is 5.65. The highest BCUT2D eigenvalue weighted by atomic mass is 19.1. The van der Waals surface area contributed by atoms with E-state index in [1.54, 1.807) is 12.1 Å². The van der Waals surface area contributed by atoms with Crippen molar-refractivity contribution in [2.24, 2.45) is 5.84 Å². The number of hydrogen-bond donors (Lipinski definition) is 2. The Hall–Kier alpha value is -2.21. The van der Waals surface area contributed by atoms with Crippen LogP contribution in [0.5, 0.6) is 0 Å². The van der Waals surface area contributed by atoms with Gasteiger partial charge in [-0.05, 0) is 30.5 Å².